The highest BCUT2D eigenvalue weighted by Gasteiger charge is 2.28. The van der Waals surface area contributed by atoms with E-state index in [1.807, 2.05) is 38.1 Å². The van der Waals surface area contributed by atoms with Crippen molar-refractivity contribution in [3.05, 3.63) is 29.8 Å². The fourth-order valence-corrected chi connectivity index (χ4v) is 2.38. The van der Waals surface area contributed by atoms with Gasteiger partial charge in [-0.15, -0.1) is 0 Å². The Morgan fingerprint density at radius 3 is 2.37 bits per heavy atom. The van der Waals surface area contributed by atoms with Crippen LogP contribution in [0.4, 0.5) is 0 Å². The number of hydrogen-bond acceptors (Lipinski definition) is 3. The molecule has 1 rings (SSSR count). The molecule has 0 heterocycles. The first-order valence-corrected chi connectivity index (χ1v) is 6.94. The first-order chi connectivity index (χ1) is 9.15. The fraction of sp³-hybridized carbons (Fsp3) is 0.562. The van der Waals surface area contributed by atoms with Crippen molar-refractivity contribution in [1.82, 2.24) is 0 Å². The lowest BCUT2D eigenvalue weighted by molar-refractivity contribution is -0.120. The Balaban J connectivity index is 3.14. The topological polar surface area (TPSA) is 35.5 Å². The molecule has 3 nitrogen and oxygen atoms in total. The third-order valence-electron chi connectivity index (χ3n) is 3.14. The fourth-order valence-electron chi connectivity index (χ4n) is 2.38. The largest absolute Gasteiger partial charge is 0.494 e. The molecule has 3 heteroatoms. The number of aldehydes is 1. The summed E-state index contributed by atoms with van der Waals surface area (Å²) < 4.78 is 11.2. The van der Waals surface area contributed by atoms with Crippen LogP contribution < -0.4 is 4.74 Å². The van der Waals surface area contributed by atoms with Crippen molar-refractivity contribution >= 4 is 6.29 Å². The Hall–Kier alpha value is -1.35. The van der Waals surface area contributed by atoms with Crippen LogP contribution in [0.2, 0.25) is 0 Å². The van der Waals surface area contributed by atoms with E-state index in [1.165, 1.54) is 0 Å². The van der Waals surface area contributed by atoms with Gasteiger partial charge in [-0.3, -0.25) is 0 Å². The van der Waals surface area contributed by atoms with Crippen LogP contribution in [-0.2, 0) is 9.53 Å². The van der Waals surface area contributed by atoms with E-state index in [4.69, 9.17) is 9.47 Å². The summed E-state index contributed by atoms with van der Waals surface area (Å²) in [6, 6.07) is 7.89. The Morgan fingerprint density at radius 2 is 1.84 bits per heavy atom. The predicted molar refractivity (Wildman–Crippen MR) is 76.7 cm³/mol. The molecule has 0 fully saturated rings. The van der Waals surface area contributed by atoms with Crippen LogP contribution in [0.15, 0.2) is 24.3 Å². The first-order valence-electron chi connectivity index (χ1n) is 6.94. The van der Waals surface area contributed by atoms with Crippen molar-refractivity contribution in [2.24, 2.45) is 5.92 Å². The Bertz CT molecular complexity index is 387. The van der Waals surface area contributed by atoms with Gasteiger partial charge in [-0.2, -0.15) is 0 Å². The number of hydrogen-bond donors (Lipinski definition) is 0. The molecule has 1 aromatic rings. The molecule has 0 amide bonds. The molecule has 19 heavy (non-hydrogen) atoms. The Kier molecular flexibility index (Phi) is 6.57. The smallest absolute Gasteiger partial charge is 0.149 e. The van der Waals surface area contributed by atoms with E-state index in [9.17, 15) is 4.79 Å². The molecule has 1 aromatic carbocycles. The minimum Gasteiger partial charge on any atom is -0.494 e. The van der Waals surface area contributed by atoms with Gasteiger partial charge < -0.3 is 14.3 Å². The second-order valence-electron chi connectivity index (χ2n) is 4.80. The molecule has 0 bridgehead atoms. The normalized spacial score (nSPS) is 14.2. The molecule has 0 saturated heterocycles. The molecule has 2 unspecified atom stereocenters. The second kappa shape index (κ2) is 7.95. The van der Waals surface area contributed by atoms with Crippen molar-refractivity contribution in [1.29, 1.82) is 0 Å². The molecule has 0 aliphatic heterocycles. The summed E-state index contributed by atoms with van der Waals surface area (Å²) in [6.07, 6.45) is 0.475. The molecule has 0 spiro atoms. The third-order valence-corrected chi connectivity index (χ3v) is 3.14. The molecule has 0 aliphatic carbocycles. The van der Waals surface area contributed by atoms with Crippen molar-refractivity contribution in [2.45, 2.75) is 39.7 Å². The van der Waals surface area contributed by atoms with Crippen molar-refractivity contribution in [3.63, 3.8) is 0 Å². The Labute approximate surface area is 115 Å². The maximum absolute atomic E-state index is 11.3. The van der Waals surface area contributed by atoms with Gasteiger partial charge in [0.05, 0.1) is 6.61 Å². The van der Waals surface area contributed by atoms with E-state index in [1.54, 1.807) is 0 Å². The molecule has 0 aliphatic rings. The van der Waals surface area contributed by atoms with Gasteiger partial charge in [-0.1, -0.05) is 32.0 Å². The number of ether oxygens (including phenoxy) is 2. The molecule has 2 atom stereocenters. The predicted octanol–water partition coefficient (Wildman–Crippen LogP) is 3.43. The highest BCUT2D eigenvalue weighted by Crippen LogP contribution is 2.35. The number of para-hydroxylation sites is 1. The van der Waals surface area contributed by atoms with Crippen LogP contribution in [0.25, 0.3) is 0 Å². The van der Waals surface area contributed by atoms with Crippen LogP contribution >= 0.6 is 0 Å². The zero-order chi connectivity index (χ0) is 14.3. The van der Waals surface area contributed by atoms with Crippen LogP contribution in [-0.4, -0.2) is 25.6 Å². The summed E-state index contributed by atoms with van der Waals surface area (Å²) in [7, 11) is 0. The maximum atomic E-state index is 11.3. The van der Waals surface area contributed by atoms with Crippen molar-refractivity contribution in [3.8, 4) is 5.75 Å². The summed E-state index contributed by atoms with van der Waals surface area (Å²) >= 11 is 0. The van der Waals surface area contributed by atoms with E-state index >= 15 is 0 Å². The highest BCUT2D eigenvalue weighted by atomic mass is 16.5. The summed E-state index contributed by atoms with van der Waals surface area (Å²) in [5.41, 5.74) is 1.05. The SMILES string of the molecule is CCOc1ccccc1C(C(C)C)C(C=O)OCC. The molecular weight excluding hydrogens is 240 g/mol. The zero-order valence-electron chi connectivity index (χ0n) is 12.3. The maximum Gasteiger partial charge on any atom is 0.149 e. The average Bonchev–Trinajstić information content (AvgIpc) is 2.40. The van der Waals surface area contributed by atoms with Gasteiger partial charge in [0.1, 0.15) is 18.1 Å². The van der Waals surface area contributed by atoms with Gasteiger partial charge in [0, 0.05) is 18.1 Å². The monoisotopic (exact) mass is 264 g/mol. The van der Waals surface area contributed by atoms with Crippen LogP contribution in [0.1, 0.15) is 39.2 Å². The minimum absolute atomic E-state index is 0.0141. The third kappa shape index (κ3) is 4.06. The second-order valence-corrected chi connectivity index (χ2v) is 4.80. The van der Waals surface area contributed by atoms with Gasteiger partial charge in [-0.25, -0.2) is 0 Å². The van der Waals surface area contributed by atoms with Crippen molar-refractivity contribution < 1.29 is 14.3 Å². The molecule has 0 saturated carbocycles. The average molecular weight is 264 g/mol. The van der Waals surface area contributed by atoms with Crippen LogP contribution in [0.3, 0.4) is 0 Å². The van der Waals surface area contributed by atoms with Gasteiger partial charge in [0.25, 0.3) is 0 Å². The number of benzene rings is 1. The minimum atomic E-state index is -0.424. The quantitative estimate of drug-likeness (QED) is 0.675. The van der Waals surface area contributed by atoms with Gasteiger partial charge in [-0.05, 0) is 25.8 Å². The summed E-state index contributed by atoms with van der Waals surface area (Å²) in [5, 5.41) is 0. The summed E-state index contributed by atoms with van der Waals surface area (Å²) in [4.78, 5) is 11.3. The lowest BCUT2D eigenvalue weighted by atomic mass is 9.83. The summed E-state index contributed by atoms with van der Waals surface area (Å²) in [5.74, 6) is 1.15. The zero-order valence-corrected chi connectivity index (χ0v) is 12.3. The van der Waals surface area contributed by atoms with Gasteiger partial charge in [0.2, 0.25) is 0 Å². The molecule has 0 aromatic heterocycles. The summed E-state index contributed by atoms with van der Waals surface area (Å²) in [6.45, 7) is 9.21. The molecule has 0 N–H and O–H groups in total. The lowest BCUT2D eigenvalue weighted by Gasteiger charge is -2.28. The van der Waals surface area contributed by atoms with E-state index in [-0.39, 0.29) is 5.92 Å². The lowest BCUT2D eigenvalue weighted by Crippen LogP contribution is -2.28. The number of carbonyl (C=O) groups is 1. The first kappa shape index (κ1) is 15.7. The highest BCUT2D eigenvalue weighted by molar-refractivity contribution is 5.59. The van der Waals surface area contributed by atoms with Crippen LogP contribution in [0.5, 0.6) is 5.75 Å². The number of carbonyl (C=O) groups excluding carboxylic acids is 1. The molecule has 106 valence electrons. The molecule has 0 radical (unpaired) electrons. The van der Waals surface area contributed by atoms with Gasteiger partial charge >= 0.3 is 0 Å². The van der Waals surface area contributed by atoms with Crippen LogP contribution in [0, 0.1) is 5.92 Å². The molecular formula is C16H24O3. The van der Waals surface area contributed by atoms with E-state index < -0.39 is 6.10 Å². The van der Waals surface area contributed by atoms with Gasteiger partial charge in [0.15, 0.2) is 0 Å². The number of rotatable bonds is 8. The van der Waals surface area contributed by atoms with E-state index in [0.717, 1.165) is 17.6 Å². The van der Waals surface area contributed by atoms with E-state index in [0.29, 0.717) is 19.1 Å². The standard InChI is InChI=1S/C16H24O3/c1-5-18-14-10-8-7-9-13(14)16(12(3)4)15(11-17)19-6-2/h7-12,15-16H,5-6H2,1-4H3. The Morgan fingerprint density at radius 1 is 1.16 bits per heavy atom. The van der Waals surface area contributed by atoms with E-state index in [2.05, 4.69) is 13.8 Å². The van der Waals surface area contributed by atoms with Crippen molar-refractivity contribution in [2.75, 3.05) is 13.2 Å².